The summed E-state index contributed by atoms with van der Waals surface area (Å²) in [5, 5.41) is 3.52. The van der Waals surface area contributed by atoms with Crippen molar-refractivity contribution in [2.45, 2.75) is 25.0 Å². The Morgan fingerprint density at radius 2 is 1.89 bits per heavy atom. The van der Waals surface area contributed by atoms with Gasteiger partial charge in [-0.05, 0) is 29.8 Å². The van der Waals surface area contributed by atoms with Crippen molar-refractivity contribution in [1.29, 1.82) is 0 Å². The van der Waals surface area contributed by atoms with Crippen LogP contribution in [0.1, 0.15) is 24.0 Å². The number of hydrogen-bond donors (Lipinski definition) is 1. The third-order valence-electron chi connectivity index (χ3n) is 5.10. The fourth-order valence-electron chi connectivity index (χ4n) is 3.58. The van der Waals surface area contributed by atoms with Gasteiger partial charge in [0.2, 0.25) is 0 Å². The molecule has 1 amide bonds. The second-order valence-electron chi connectivity index (χ2n) is 6.96. The second kappa shape index (κ2) is 7.34. The first-order valence-electron chi connectivity index (χ1n) is 8.79. The summed E-state index contributed by atoms with van der Waals surface area (Å²) >= 11 is 9.54. The van der Waals surface area contributed by atoms with Crippen LogP contribution in [0.4, 0.5) is 4.39 Å². The molecule has 0 atom stereocenters. The van der Waals surface area contributed by atoms with Gasteiger partial charge in [0.05, 0.1) is 0 Å². The van der Waals surface area contributed by atoms with E-state index in [0.717, 1.165) is 41.5 Å². The van der Waals surface area contributed by atoms with E-state index in [1.807, 2.05) is 24.3 Å². The number of nitrogens with one attached hydrogen (secondary N) is 1. The fourth-order valence-corrected chi connectivity index (χ4v) is 4.07. The number of carbonyl (C=O) groups excluding carboxylic acids is 1. The molecule has 2 heterocycles. The van der Waals surface area contributed by atoms with Crippen molar-refractivity contribution < 1.29 is 9.18 Å². The summed E-state index contributed by atoms with van der Waals surface area (Å²) in [4.78, 5) is 19.5. The number of carbonyl (C=O) groups is 1. The summed E-state index contributed by atoms with van der Waals surface area (Å²) in [7, 11) is 0. The topological polar surface area (TPSA) is 44.7 Å². The van der Waals surface area contributed by atoms with E-state index in [1.54, 1.807) is 6.07 Å². The van der Waals surface area contributed by atoms with Gasteiger partial charge in [-0.3, -0.25) is 14.7 Å². The van der Waals surface area contributed by atoms with Gasteiger partial charge in [0.25, 0.3) is 5.91 Å². The number of rotatable bonds is 3. The van der Waals surface area contributed by atoms with E-state index in [-0.39, 0.29) is 11.7 Å². The average Bonchev–Trinajstić information content (AvgIpc) is 2.96. The van der Waals surface area contributed by atoms with E-state index < -0.39 is 5.66 Å². The Morgan fingerprint density at radius 3 is 2.56 bits per heavy atom. The van der Waals surface area contributed by atoms with Crippen molar-refractivity contribution in [3.05, 3.63) is 68.9 Å². The molecule has 27 heavy (non-hydrogen) atoms. The quantitative estimate of drug-likeness (QED) is 0.763. The smallest absolute Gasteiger partial charge is 0.272 e. The highest BCUT2D eigenvalue weighted by Gasteiger charge is 2.42. The summed E-state index contributed by atoms with van der Waals surface area (Å²) in [6.07, 6.45) is 1.47. The highest BCUT2D eigenvalue weighted by atomic mass is 79.9. The van der Waals surface area contributed by atoms with E-state index in [1.165, 1.54) is 12.1 Å². The zero-order chi connectivity index (χ0) is 19.0. The predicted octanol–water partition coefficient (Wildman–Crippen LogP) is 4.15. The molecule has 0 aromatic heterocycles. The normalized spacial score (nSPS) is 19.2. The number of aliphatic imine (C=N–C) groups is 1. The van der Waals surface area contributed by atoms with Crippen molar-refractivity contribution in [2.75, 3.05) is 13.1 Å². The maximum atomic E-state index is 13.2. The Balaban J connectivity index is 1.45. The first-order valence-corrected chi connectivity index (χ1v) is 9.96. The van der Waals surface area contributed by atoms with Crippen molar-refractivity contribution in [1.82, 2.24) is 10.2 Å². The lowest BCUT2D eigenvalue weighted by molar-refractivity contribution is -0.115. The molecule has 140 valence electrons. The molecule has 0 aliphatic carbocycles. The van der Waals surface area contributed by atoms with Gasteiger partial charge in [0, 0.05) is 47.5 Å². The Hall–Kier alpha value is -1.76. The van der Waals surface area contributed by atoms with Gasteiger partial charge in [0.15, 0.2) is 0 Å². The summed E-state index contributed by atoms with van der Waals surface area (Å²) in [5.41, 5.74) is 1.71. The first kappa shape index (κ1) is 18.6. The van der Waals surface area contributed by atoms with Crippen molar-refractivity contribution in [2.24, 2.45) is 4.99 Å². The van der Waals surface area contributed by atoms with E-state index >= 15 is 0 Å². The Labute approximate surface area is 170 Å². The van der Waals surface area contributed by atoms with Gasteiger partial charge in [-0.2, -0.15) is 0 Å². The molecule has 1 saturated heterocycles. The molecule has 0 saturated carbocycles. The minimum atomic E-state index is -0.525. The Kier molecular flexibility index (Phi) is 5.05. The van der Waals surface area contributed by atoms with Crippen LogP contribution in [0.3, 0.4) is 0 Å². The van der Waals surface area contributed by atoms with Crippen LogP contribution < -0.4 is 5.32 Å². The predicted molar refractivity (Wildman–Crippen MR) is 107 cm³/mol. The molecule has 2 aliphatic rings. The minimum absolute atomic E-state index is 0.118. The molecule has 1 N–H and O–H groups in total. The van der Waals surface area contributed by atoms with E-state index in [0.29, 0.717) is 17.3 Å². The van der Waals surface area contributed by atoms with Gasteiger partial charge in [-0.1, -0.05) is 45.7 Å². The SMILES string of the molecule is O=C1NC2(CCN(Cc3ccc(F)cc3Cl)CC2)N=C1c1ccc(Br)cc1. The van der Waals surface area contributed by atoms with Crippen molar-refractivity contribution in [3.63, 3.8) is 0 Å². The second-order valence-corrected chi connectivity index (χ2v) is 8.29. The van der Waals surface area contributed by atoms with Crippen LogP contribution in [0, 0.1) is 5.82 Å². The van der Waals surface area contributed by atoms with Crippen LogP contribution >= 0.6 is 27.5 Å². The summed E-state index contributed by atoms with van der Waals surface area (Å²) < 4.78 is 14.2. The fraction of sp³-hybridized carbons (Fsp3) is 0.300. The maximum absolute atomic E-state index is 13.2. The summed E-state index contributed by atoms with van der Waals surface area (Å²) in [5.74, 6) is -0.447. The molecular weight excluding hydrogens is 433 g/mol. The van der Waals surface area contributed by atoms with Crippen molar-refractivity contribution in [3.8, 4) is 0 Å². The number of piperidine rings is 1. The van der Waals surface area contributed by atoms with Gasteiger partial charge in [-0.25, -0.2) is 4.39 Å². The molecule has 1 fully saturated rings. The maximum Gasteiger partial charge on any atom is 0.272 e. The highest BCUT2D eigenvalue weighted by Crippen LogP contribution is 2.30. The molecule has 2 aromatic carbocycles. The lowest BCUT2D eigenvalue weighted by Gasteiger charge is -2.37. The summed E-state index contributed by atoms with van der Waals surface area (Å²) in [6, 6.07) is 12.1. The van der Waals surface area contributed by atoms with E-state index in [2.05, 4.69) is 26.1 Å². The van der Waals surface area contributed by atoms with Gasteiger partial charge in [-0.15, -0.1) is 0 Å². The molecule has 4 rings (SSSR count). The van der Waals surface area contributed by atoms with E-state index in [4.69, 9.17) is 16.6 Å². The number of likely N-dealkylation sites (tertiary alicyclic amines) is 1. The largest absolute Gasteiger partial charge is 0.326 e. The third kappa shape index (κ3) is 3.93. The number of nitrogens with zero attached hydrogens (tertiary/aromatic N) is 2. The molecular formula is C20H18BrClFN3O. The average molecular weight is 451 g/mol. The minimum Gasteiger partial charge on any atom is -0.326 e. The molecule has 4 nitrogen and oxygen atoms in total. The van der Waals surface area contributed by atoms with Gasteiger partial charge >= 0.3 is 0 Å². The zero-order valence-corrected chi connectivity index (χ0v) is 16.9. The Morgan fingerprint density at radius 1 is 1.19 bits per heavy atom. The number of amides is 1. The van der Waals surface area contributed by atoms with E-state index in [9.17, 15) is 9.18 Å². The molecule has 7 heteroatoms. The van der Waals surface area contributed by atoms with Gasteiger partial charge in [0.1, 0.15) is 17.2 Å². The highest BCUT2D eigenvalue weighted by molar-refractivity contribution is 9.10. The van der Waals surface area contributed by atoms with Crippen LogP contribution in [0.2, 0.25) is 5.02 Å². The van der Waals surface area contributed by atoms with Crippen molar-refractivity contribution >= 4 is 39.1 Å². The van der Waals surface area contributed by atoms with Crippen LogP contribution in [-0.2, 0) is 11.3 Å². The van der Waals surface area contributed by atoms with Gasteiger partial charge < -0.3 is 5.32 Å². The number of halogens is 3. The molecule has 1 spiro atoms. The molecule has 0 radical (unpaired) electrons. The molecule has 2 aliphatic heterocycles. The number of benzene rings is 2. The molecule has 2 aromatic rings. The standard InChI is InChI=1S/C20H18BrClFN3O/c21-15-4-1-13(2-5-15)18-19(27)25-20(24-18)7-9-26(10-8-20)12-14-3-6-16(23)11-17(14)22/h1-6,11H,7-10,12H2,(H,25,27). The number of hydrogen-bond acceptors (Lipinski definition) is 3. The first-order chi connectivity index (χ1) is 12.9. The van der Waals surface area contributed by atoms with Crippen LogP contribution in [-0.4, -0.2) is 35.3 Å². The monoisotopic (exact) mass is 449 g/mol. The van der Waals surface area contributed by atoms with Crippen LogP contribution in [0.5, 0.6) is 0 Å². The zero-order valence-electron chi connectivity index (χ0n) is 14.5. The van der Waals surface area contributed by atoms with Crippen LogP contribution in [0.25, 0.3) is 0 Å². The Bertz CT molecular complexity index is 908. The third-order valence-corrected chi connectivity index (χ3v) is 5.98. The summed E-state index contributed by atoms with van der Waals surface area (Å²) in [6.45, 7) is 2.22. The molecule has 0 bridgehead atoms. The van der Waals surface area contributed by atoms with Crippen LogP contribution in [0.15, 0.2) is 51.9 Å². The lowest BCUT2D eigenvalue weighted by atomic mass is 9.97. The lowest BCUT2D eigenvalue weighted by Crippen LogP contribution is -2.50. The molecule has 0 unspecified atom stereocenters.